The van der Waals surface area contributed by atoms with E-state index in [9.17, 15) is 9.90 Å². The lowest BCUT2D eigenvalue weighted by Gasteiger charge is -2.13. The molecule has 1 aliphatic heterocycles. The van der Waals surface area contributed by atoms with Gasteiger partial charge in [-0.25, -0.2) is 4.98 Å². The number of aromatic amines is 1. The first-order valence-electron chi connectivity index (χ1n) is 5.77. The summed E-state index contributed by atoms with van der Waals surface area (Å²) in [6.07, 6.45) is -0.270. The topological polar surface area (TPSA) is 139 Å². The Kier molecular flexibility index (Phi) is 2.73. The van der Waals surface area contributed by atoms with E-state index >= 15 is 0 Å². The molecule has 0 radical (unpaired) electrons. The van der Waals surface area contributed by atoms with Crippen molar-refractivity contribution in [2.45, 2.75) is 24.9 Å². The molecule has 0 unspecified atom stereocenters. The van der Waals surface area contributed by atoms with Gasteiger partial charge in [-0.3, -0.25) is 14.3 Å². The Bertz CT molecular complexity index is 665. The van der Waals surface area contributed by atoms with Crippen LogP contribution in [0.2, 0.25) is 0 Å². The standard InChI is InChI=1S/C10H13N5O4/c11-10-13-8-7(9(18)14-10)12-3-15(8)6-1-4(17)5(2-16)19-6/h3-6,16-17H,1-2H2,(H3,11,13,14,18)/t4-,5-,6-/m0/s1/i1+1,2+1,3+1,4+1,5+1,6+1,7+1,8+1,9+1,10+1. The van der Waals surface area contributed by atoms with Gasteiger partial charge in [0.15, 0.2) is 11.2 Å². The maximum absolute atomic E-state index is 11.6. The summed E-state index contributed by atoms with van der Waals surface area (Å²) >= 11 is 0. The lowest BCUT2D eigenvalue weighted by atomic mass is 11.1. The zero-order chi connectivity index (χ0) is 13.6. The van der Waals surface area contributed by atoms with Gasteiger partial charge in [0.25, 0.3) is 5.56 Å². The van der Waals surface area contributed by atoms with Gasteiger partial charge in [-0.2, -0.15) is 4.98 Å². The van der Waals surface area contributed by atoms with Crippen molar-refractivity contribution in [1.29, 1.82) is 0 Å². The number of aromatic nitrogens is 4. The predicted octanol–water partition coefficient (Wildman–Crippen LogP) is -1.66. The van der Waals surface area contributed by atoms with Gasteiger partial charge in [-0.05, 0) is 0 Å². The van der Waals surface area contributed by atoms with E-state index in [4.69, 9.17) is 15.6 Å². The molecule has 9 nitrogen and oxygen atoms in total. The summed E-state index contributed by atoms with van der Waals surface area (Å²) in [4.78, 5) is 22.0. The van der Waals surface area contributed by atoms with E-state index < -0.39 is 24.0 Å². The molecule has 19 heavy (non-hydrogen) atoms. The second-order valence-corrected chi connectivity index (χ2v) is 4.39. The number of hydrogen-bond acceptors (Lipinski definition) is 7. The second-order valence-electron chi connectivity index (χ2n) is 4.39. The third-order valence-electron chi connectivity index (χ3n) is 3.15. The zero-order valence-electron chi connectivity index (χ0n) is 9.85. The predicted molar refractivity (Wildman–Crippen MR) is 64.2 cm³/mol. The molecule has 0 aliphatic carbocycles. The first-order chi connectivity index (χ1) is 9.10. The summed E-state index contributed by atoms with van der Waals surface area (Å²) in [5, 5.41) is 18.8. The minimum absolute atomic E-state index is 0.0171. The molecule has 1 fully saturated rings. The third kappa shape index (κ3) is 1.87. The first-order valence-corrected chi connectivity index (χ1v) is 5.77. The number of nitrogens with two attached hydrogens (primary N) is 1. The van der Waals surface area contributed by atoms with Crippen LogP contribution in [0, 0.1) is 0 Å². The van der Waals surface area contributed by atoms with E-state index in [0.29, 0.717) is 0 Å². The van der Waals surface area contributed by atoms with E-state index in [1.54, 1.807) is 0 Å². The van der Waals surface area contributed by atoms with Gasteiger partial charge in [0.05, 0.1) is 19.0 Å². The highest BCUT2D eigenvalue weighted by Gasteiger charge is 2.35. The molecule has 0 saturated carbocycles. The van der Waals surface area contributed by atoms with Crippen LogP contribution in [0.25, 0.3) is 11.2 Å². The van der Waals surface area contributed by atoms with Crippen LogP contribution < -0.4 is 11.3 Å². The molecule has 102 valence electrons. The van der Waals surface area contributed by atoms with Crippen molar-refractivity contribution < 1.29 is 14.9 Å². The second kappa shape index (κ2) is 4.30. The maximum atomic E-state index is 11.6. The summed E-state index contributed by atoms with van der Waals surface area (Å²) in [6, 6.07) is 0. The van der Waals surface area contributed by atoms with Crippen molar-refractivity contribution in [3.63, 3.8) is 0 Å². The van der Waals surface area contributed by atoms with Crippen LogP contribution in [0.4, 0.5) is 5.95 Å². The van der Waals surface area contributed by atoms with Gasteiger partial charge in [0.2, 0.25) is 5.95 Å². The summed E-state index contributed by atoms with van der Waals surface area (Å²) in [6.45, 7) is -0.277. The van der Waals surface area contributed by atoms with Gasteiger partial charge in [-0.1, -0.05) is 0 Å². The van der Waals surface area contributed by atoms with Gasteiger partial charge < -0.3 is 20.7 Å². The highest BCUT2D eigenvalue weighted by Crippen LogP contribution is 2.30. The average molecular weight is 277 g/mol. The number of imidazole rings is 1. The Hall–Kier alpha value is -1.97. The maximum Gasteiger partial charge on any atom is 0.280 e. The monoisotopic (exact) mass is 277 g/mol. The summed E-state index contributed by atoms with van der Waals surface area (Å²) in [5.41, 5.74) is 5.50. The molecular weight excluding hydrogens is 264 g/mol. The van der Waals surface area contributed by atoms with E-state index in [0.717, 1.165) is 0 Å². The Morgan fingerprint density at radius 1 is 1.63 bits per heavy atom. The molecule has 2 aromatic rings. The fourth-order valence-electron chi connectivity index (χ4n) is 2.20. The molecule has 0 bridgehead atoms. The lowest BCUT2D eigenvalue weighted by Crippen LogP contribution is -2.24. The van der Waals surface area contributed by atoms with E-state index in [-0.39, 0.29) is 30.1 Å². The van der Waals surface area contributed by atoms with E-state index in [2.05, 4.69) is 15.0 Å². The number of nitrogens with one attached hydrogen (secondary N) is 1. The van der Waals surface area contributed by atoms with Crippen LogP contribution in [0.5, 0.6) is 0 Å². The molecule has 1 aliphatic rings. The quantitative estimate of drug-likeness (QED) is 0.482. The largest absolute Gasteiger partial charge is 0.394 e. The number of fused-ring (bicyclic) bond motifs is 1. The molecule has 3 atom stereocenters. The molecule has 0 aromatic carbocycles. The fourth-order valence-corrected chi connectivity index (χ4v) is 2.20. The summed E-state index contributed by atoms with van der Waals surface area (Å²) < 4.78 is 7.01. The molecule has 3 rings (SSSR count). The van der Waals surface area contributed by atoms with Gasteiger partial charge in [0.1, 0.15) is 12.3 Å². The Balaban J connectivity index is 2.05. The van der Waals surface area contributed by atoms with Crippen molar-refractivity contribution >= 4 is 17.1 Å². The van der Waals surface area contributed by atoms with Crippen molar-refractivity contribution in [3.8, 4) is 0 Å². The van der Waals surface area contributed by atoms with Gasteiger partial charge in [0, 0.05) is 6.42 Å². The van der Waals surface area contributed by atoms with Crippen molar-refractivity contribution in [1.82, 2.24) is 19.5 Å². The Morgan fingerprint density at radius 3 is 3.11 bits per heavy atom. The van der Waals surface area contributed by atoms with Crippen molar-refractivity contribution in [3.05, 3.63) is 16.7 Å². The average Bonchev–Trinajstić information content (AvgIpc) is 2.92. The number of rotatable bonds is 2. The normalized spacial score (nSPS) is 27.2. The number of hydrogen-bond donors (Lipinski definition) is 4. The molecule has 3 heterocycles. The molecule has 0 amide bonds. The molecule has 9 heteroatoms. The minimum Gasteiger partial charge on any atom is -0.394 e. The summed E-state index contributed by atoms with van der Waals surface area (Å²) in [7, 11) is 0. The number of aliphatic hydroxyl groups is 2. The van der Waals surface area contributed by atoms with Crippen LogP contribution in [-0.2, 0) is 4.74 Å². The van der Waals surface area contributed by atoms with Gasteiger partial charge in [-0.15, -0.1) is 0 Å². The van der Waals surface area contributed by atoms with E-state index in [1.807, 2.05) is 0 Å². The number of anilines is 1. The molecule has 0 spiro atoms. The van der Waals surface area contributed by atoms with Crippen LogP contribution in [0.15, 0.2) is 11.1 Å². The first kappa shape index (κ1) is 12.1. The molecule has 2 aromatic heterocycles. The number of nitrogens with zero attached hydrogens (tertiary/aromatic N) is 3. The lowest BCUT2D eigenvalue weighted by molar-refractivity contribution is -0.0432. The minimum atomic E-state index is -0.771. The van der Waals surface area contributed by atoms with Crippen molar-refractivity contribution in [2.75, 3.05) is 12.3 Å². The fraction of sp³-hybridized carbons (Fsp3) is 0.500. The van der Waals surface area contributed by atoms with Crippen molar-refractivity contribution in [2.24, 2.45) is 0 Å². The Morgan fingerprint density at radius 2 is 2.42 bits per heavy atom. The zero-order valence-corrected chi connectivity index (χ0v) is 9.85. The van der Waals surface area contributed by atoms with Crippen LogP contribution in [0.3, 0.4) is 0 Å². The highest BCUT2D eigenvalue weighted by atomic mass is 16.7. The number of H-pyrrole nitrogens is 1. The SMILES string of the molecule is N[13c]1n[13c]2[13c](n[13cH]n2[13C@@H]2[13CH2][13C@H](O)[13C@H]([13CH2]O)O2)[13c](=O)[nH]1. The number of ether oxygens (including phenoxy) is 1. The summed E-state index contributed by atoms with van der Waals surface area (Å²) in [5.74, 6) is -0.0171. The number of aliphatic hydroxyl groups excluding tert-OH is 2. The van der Waals surface area contributed by atoms with Crippen LogP contribution >= 0.6 is 0 Å². The molecular formula is C10H13N5O4. The Labute approximate surface area is 106 Å². The van der Waals surface area contributed by atoms with Gasteiger partial charge >= 0.3 is 0 Å². The number of nitrogen functional groups attached to an aromatic ring is 1. The smallest absolute Gasteiger partial charge is 0.280 e. The highest BCUT2D eigenvalue weighted by molar-refractivity contribution is 5.70. The molecule has 1 saturated heterocycles. The van der Waals surface area contributed by atoms with Crippen LogP contribution in [0.1, 0.15) is 12.6 Å². The molecule has 5 N–H and O–H groups in total. The third-order valence-corrected chi connectivity index (χ3v) is 3.15. The van der Waals surface area contributed by atoms with Crippen LogP contribution in [-0.4, -0.2) is 48.5 Å². The van der Waals surface area contributed by atoms with E-state index in [1.165, 1.54) is 10.9 Å².